The lowest BCUT2D eigenvalue weighted by Gasteiger charge is -2.10. The molecule has 0 fully saturated rings. The van der Waals surface area contributed by atoms with E-state index in [1.807, 2.05) is 31.2 Å². The fourth-order valence-electron chi connectivity index (χ4n) is 1.71. The second-order valence-corrected chi connectivity index (χ2v) is 4.73. The maximum atomic E-state index is 5.94. The first-order chi connectivity index (χ1) is 9.69. The Hall–Kier alpha value is -1.85. The van der Waals surface area contributed by atoms with Gasteiger partial charge in [0.05, 0.1) is 6.61 Å². The molecule has 0 aliphatic rings. The van der Waals surface area contributed by atoms with Gasteiger partial charge in [-0.05, 0) is 30.7 Å². The van der Waals surface area contributed by atoms with E-state index in [0.717, 1.165) is 27.9 Å². The Morgan fingerprint density at radius 2 is 2.00 bits per heavy atom. The maximum absolute atomic E-state index is 5.94. The van der Waals surface area contributed by atoms with E-state index in [2.05, 4.69) is 20.6 Å². The fraction of sp³-hybridized carbons (Fsp3) is 0.286. The molecule has 5 nitrogen and oxygen atoms in total. The molecule has 6 heteroatoms. The molecule has 0 radical (unpaired) electrons. The Morgan fingerprint density at radius 3 is 2.75 bits per heavy atom. The fourth-order valence-corrected chi connectivity index (χ4v) is 1.94. The Bertz CT molecular complexity index is 577. The highest BCUT2D eigenvalue weighted by atomic mass is 35.5. The number of hydrogen-bond donors (Lipinski definition) is 2. The summed E-state index contributed by atoms with van der Waals surface area (Å²) in [5.74, 6) is 1.48. The third-order valence-electron chi connectivity index (χ3n) is 2.73. The van der Waals surface area contributed by atoms with Gasteiger partial charge in [-0.25, -0.2) is 9.97 Å². The number of halogens is 1. The number of ether oxygens (including phenoxy) is 1. The minimum absolute atomic E-state index is 0.628. The third kappa shape index (κ3) is 4.08. The maximum Gasteiger partial charge on any atom is 0.135 e. The molecular formula is C14H17ClN4O. The van der Waals surface area contributed by atoms with Crippen LogP contribution in [0.15, 0.2) is 30.6 Å². The molecule has 0 saturated carbocycles. The Morgan fingerprint density at radius 1 is 1.20 bits per heavy atom. The van der Waals surface area contributed by atoms with E-state index in [1.54, 1.807) is 7.11 Å². The van der Waals surface area contributed by atoms with Crippen LogP contribution in [0.1, 0.15) is 5.56 Å². The zero-order chi connectivity index (χ0) is 14.4. The highest BCUT2D eigenvalue weighted by molar-refractivity contribution is 6.30. The van der Waals surface area contributed by atoms with Crippen LogP contribution in [0.2, 0.25) is 5.02 Å². The van der Waals surface area contributed by atoms with Crippen LogP contribution in [-0.2, 0) is 4.74 Å². The lowest BCUT2D eigenvalue weighted by Crippen LogP contribution is -2.09. The van der Waals surface area contributed by atoms with Gasteiger partial charge in [0.15, 0.2) is 0 Å². The summed E-state index contributed by atoms with van der Waals surface area (Å²) in [4.78, 5) is 8.35. The summed E-state index contributed by atoms with van der Waals surface area (Å²) in [6.45, 7) is 3.32. The second-order valence-electron chi connectivity index (χ2n) is 4.29. The second kappa shape index (κ2) is 7.07. The summed E-state index contributed by atoms with van der Waals surface area (Å²) >= 11 is 5.94. The van der Waals surface area contributed by atoms with Crippen LogP contribution in [-0.4, -0.2) is 30.2 Å². The molecule has 0 bridgehead atoms. The van der Waals surface area contributed by atoms with Crippen molar-refractivity contribution in [2.75, 3.05) is 30.9 Å². The third-order valence-corrected chi connectivity index (χ3v) is 2.97. The van der Waals surface area contributed by atoms with Gasteiger partial charge in [-0.15, -0.1) is 0 Å². The number of aromatic nitrogens is 2. The number of rotatable bonds is 6. The number of nitrogens with zero attached hydrogens (tertiary/aromatic N) is 2. The summed E-state index contributed by atoms with van der Waals surface area (Å²) in [6, 6.07) is 7.53. The Labute approximate surface area is 123 Å². The number of methoxy groups -OCH3 is 1. The topological polar surface area (TPSA) is 59.1 Å². The normalized spacial score (nSPS) is 10.3. The first kappa shape index (κ1) is 14.6. The van der Waals surface area contributed by atoms with Crippen LogP contribution in [0.5, 0.6) is 0 Å². The van der Waals surface area contributed by atoms with Gasteiger partial charge in [0.2, 0.25) is 0 Å². The van der Waals surface area contributed by atoms with Crippen molar-refractivity contribution in [1.82, 2.24) is 9.97 Å². The molecular weight excluding hydrogens is 276 g/mol. The average molecular weight is 293 g/mol. The van der Waals surface area contributed by atoms with E-state index in [1.165, 1.54) is 6.33 Å². The quantitative estimate of drug-likeness (QED) is 0.801. The molecule has 0 aliphatic heterocycles. The van der Waals surface area contributed by atoms with E-state index in [-0.39, 0.29) is 0 Å². The van der Waals surface area contributed by atoms with Gasteiger partial charge < -0.3 is 15.4 Å². The van der Waals surface area contributed by atoms with Crippen LogP contribution in [0.3, 0.4) is 0 Å². The van der Waals surface area contributed by atoms with E-state index >= 15 is 0 Å². The van der Waals surface area contributed by atoms with Crippen molar-refractivity contribution in [1.29, 1.82) is 0 Å². The standard InChI is InChI=1S/C14H17ClN4O/c1-10-7-11(15)3-4-12(10)19-14-8-13(17-9-18-14)16-5-6-20-2/h3-4,7-9H,5-6H2,1-2H3,(H2,16,17,18,19). The predicted molar refractivity (Wildman–Crippen MR) is 81.9 cm³/mol. The van der Waals surface area contributed by atoms with Crippen molar-refractivity contribution in [2.24, 2.45) is 0 Å². The molecule has 0 saturated heterocycles. The SMILES string of the molecule is COCCNc1cc(Nc2ccc(Cl)cc2C)ncn1. The van der Waals surface area contributed by atoms with Crippen molar-refractivity contribution in [2.45, 2.75) is 6.92 Å². The van der Waals surface area contributed by atoms with Gasteiger partial charge in [0.25, 0.3) is 0 Å². The van der Waals surface area contributed by atoms with Gasteiger partial charge in [-0.2, -0.15) is 0 Å². The molecule has 1 aromatic carbocycles. The lowest BCUT2D eigenvalue weighted by molar-refractivity contribution is 0.210. The van der Waals surface area contributed by atoms with Crippen molar-refractivity contribution < 1.29 is 4.74 Å². The highest BCUT2D eigenvalue weighted by Crippen LogP contribution is 2.23. The van der Waals surface area contributed by atoms with Crippen molar-refractivity contribution in [3.8, 4) is 0 Å². The molecule has 2 rings (SSSR count). The highest BCUT2D eigenvalue weighted by Gasteiger charge is 2.02. The summed E-state index contributed by atoms with van der Waals surface area (Å²) in [7, 11) is 1.66. The van der Waals surface area contributed by atoms with Crippen molar-refractivity contribution >= 4 is 28.9 Å². The van der Waals surface area contributed by atoms with E-state index in [9.17, 15) is 0 Å². The minimum Gasteiger partial charge on any atom is -0.383 e. The zero-order valence-electron chi connectivity index (χ0n) is 11.5. The number of nitrogens with one attached hydrogen (secondary N) is 2. The van der Waals surface area contributed by atoms with Crippen LogP contribution < -0.4 is 10.6 Å². The molecule has 0 amide bonds. The molecule has 2 aromatic rings. The largest absolute Gasteiger partial charge is 0.383 e. The number of benzene rings is 1. The molecule has 0 spiro atoms. The summed E-state index contributed by atoms with van der Waals surface area (Å²) in [5.41, 5.74) is 2.03. The minimum atomic E-state index is 0.628. The molecule has 1 heterocycles. The molecule has 20 heavy (non-hydrogen) atoms. The van der Waals surface area contributed by atoms with Gasteiger partial charge in [-0.1, -0.05) is 11.6 Å². The van der Waals surface area contributed by atoms with E-state index in [0.29, 0.717) is 13.2 Å². The Balaban J connectivity index is 2.07. The molecule has 0 unspecified atom stereocenters. The average Bonchev–Trinajstić information content (AvgIpc) is 2.43. The van der Waals surface area contributed by atoms with Crippen LogP contribution in [0.4, 0.5) is 17.3 Å². The van der Waals surface area contributed by atoms with Gasteiger partial charge in [-0.3, -0.25) is 0 Å². The molecule has 1 aromatic heterocycles. The molecule has 0 aliphatic carbocycles. The first-order valence-corrected chi connectivity index (χ1v) is 6.65. The van der Waals surface area contributed by atoms with Crippen LogP contribution in [0.25, 0.3) is 0 Å². The Kier molecular flexibility index (Phi) is 5.15. The smallest absolute Gasteiger partial charge is 0.135 e. The zero-order valence-corrected chi connectivity index (χ0v) is 12.2. The summed E-state index contributed by atoms with van der Waals surface area (Å²) in [6.07, 6.45) is 1.52. The molecule has 0 atom stereocenters. The van der Waals surface area contributed by atoms with Gasteiger partial charge >= 0.3 is 0 Å². The lowest BCUT2D eigenvalue weighted by atomic mass is 10.2. The van der Waals surface area contributed by atoms with Crippen LogP contribution in [0, 0.1) is 6.92 Å². The summed E-state index contributed by atoms with van der Waals surface area (Å²) < 4.78 is 4.98. The number of aryl methyl sites for hydroxylation is 1. The van der Waals surface area contributed by atoms with Crippen molar-refractivity contribution in [3.63, 3.8) is 0 Å². The molecule has 106 valence electrons. The van der Waals surface area contributed by atoms with Crippen LogP contribution >= 0.6 is 11.6 Å². The van der Waals surface area contributed by atoms with E-state index < -0.39 is 0 Å². The number of anilines is 3. The molecule has 2 N–H and O–H groups in total. The monoisotopic (exact) mass is 292 g/mol. The number of hydrogen-bond acceptors (Lipinski definition) is 5. The van der Waals surface area contributed by atoms with E-state index in [4.69, 9.17) is 16.3 Å². The van der Waals surface area contributed by atoms with Gasteiger partial charge in [0, 0.05) is 30.4 Å². The van der Waals surface area contributed by atoms with Crippen molar-refractivity contribution in [3.05, 3.63) is 41.2 Å². The van der Waals surface area contributed by atoms with Gasteiger partial charge in [0.1, 0.15) is 18.0 Å². The predicted octanol–water partition coefficient (Wildman–Crippen LogP) is 3.24. The first-order valence-electron chi connectivity index (χ1n) is 6.27. The summed E-state index contributed by atoms with van der Waals surface area (Å²) in [5, 5.41) is 7.13.